The van der Waals surface area contributed by atoms with E-state index in [4.69, 9.17) is 0 Å². The molecule has 0 spiro atoms. The highest BCUT2D eigenvalue weighted by Crippen LogP contribution is 1.99. The SMILES string of the molecule is CN1CC[N+](C)(C)N1. The maximum absolute atomic E-state index is 3.26. The minimum Gasteiger partial charge on any atom is -0.235 e. The zero-order valence-corrected chi connectivity index (χ0v) is 5.81. The standard InChI is InChI=1S/C5H14N3/c1-7-4-5-8(2,3)6-7/h6H,4-5H2,1-3H3/q+1. The van der Waals surface area contributed by atoms with Gasteiger partial charge in [0.1, 0.15) is 6.54 Å². The van der Waals surface area contributed by atoms with Crippen molar-refractivity contribution in [2.45, 2.75) is 0 Å². The fraction of sp³-hybridized carbons (Fsp3) is 1.00. The van der Waals surface area contributed by atoms with Gasteiger partial charge in [-0.2, -0.15) is 5.01 Å². The smallest absolute Gasteiger partial charge is 0.111 e. The van der Waals surface area contributed by atoms with Gasteiger partial charge in [0.2, 0.25) is 0 Å². The minimum absolute atomic E-state index is 0.913. The highest BCUT2D eigenvalue weighted by atomic mass is 15.9. The number of hydrogen-bond acceptors (Lipinski definition) is 2. The van der Waals surface area contributed by atoms with Crippen molar-refractivity contribution in [3.05, 3.63) is 0 Å². The monoisotopic (exact) mass is 116 g/mol. The molecule has 0 aliphatic carbocycles. The summed E-state index contributed by atoms with van der Waals surface area (Å²) in [5.41, 5.74) is 3.26. The fourth-order valence-electron chi connectivity index (χ4n) is 0.962. The molecule has 1 rings (SSSR count). The third-order valence-corrected chi connectivity index (χ3v) is 1.44. The van der Waals surface area contributed by atoms with E-state index in [1.807, 2.05) is 0 Å². The number of rotatable bonds is 0. The summed E-state index contributed by atoms with van der Waals surface area (Å²) in [5, 5.41) is 2.11. The van der Waals surface area contributed by atoms with Crippen LogP contribution in [0.5, 0.6) is 0 Å². The van der Waals surface area contributed by atoms with Crippen LogP contribution in [0.25, 0.3) is 0 Å². The van der Waals surface area contributed by atoms with Crippen LogP contribution in [-0.2, 0) is 0 Å². The normalized spacial score (nSPS) is 28.9. The molecule has 0 saturated carbocycles. The summed E-state index contributed by atoms with van der Waals surface area (Å²) in [4.78, 5) is 0. The second kappa shape index (κ2) is 1.69. The van der Waals surface area contributed by atoms with Crippen LogP contribution in [0, 0.1) is 0 Å². The summed E-state index contributed by atoms with van der Waals surface area (Å²) in [5.74, 6) is 0. The van der Waals surface area contributed by atoms with Gasteiger partial charge < -0.3 is 0 Å². The lowest BCUT2D eigenvalue weighted by atomic mass is 10.6. The van der Waals surface area contributed by atoms with Crippen molar-refractivity contribution in [3.63, 3.8) is 0 Å². The van der Waals surface area contributed by atoms with E-state index < -0.39 is 0 Å². The van der Waals surface area contributed by atoms with Gasteiger partial charge in [0.05, 0.1) is 20.6 Å². The van der Waals surface area contributed by atoms with Crippen LogP contribution in [0.1, 0.15) is 0 Å². The van der Waals surface area contributed by atoms with E-state index in [1.54, 1.807) is 0 Å². The molecule has 1 saturated heterocycles. The molecule has 0 atom stereocenters. The molecule has 1 heterocycles. The molecular formula is C5H14N3+. The summed E-state index contributed by atoms with van der Waals surface area (Å²) in [7, 11) is 6.38. The van der Waals surface area contributed by atoms with E-state index in [1.165, 1.54) is 6.54 Å². The Bertz CT molecular complexity index is 89.7. The first-order chi connectivity index (χ1) is 3.60. The average Bonchev–Trinajstić information content (AvgIpc) is 1.82. The molecule has 1 aliphatic rings. The molecule has 0 amide bonds. The second-order valence-electron chi connectivity index (χ2n) is 2.93. The maximum Gasteiger partial charge on any atom is 0.111 e. The quantitative estimate of drug-likeness (QED) is 0.426. The molecule has 1 fully saturated rings. The second-order valence-corrected chi connectivity index (χ2v) is 2.93. The van der Waals surface area contributed by atoms with Crippen LogP contribution in [0.4, 0.5) is 0 Å². The van der Waals surface area contributed by atoms with Gasteiger partial charge in [-0.25, -0.2) is 4.59 Å². The van der Waals surface area contributed by atoms with Gasteiger partial charge in [0.15, 0.2) is 0 Å². The molecule has 0 bridgehead atoms. The van der Waals surface area contributed by atoms with E-state index >= 15 is 0 Å². The number of quaternary nitrogens is 1. The van der Waals surface area contributed by atoms with Crippen LogP contribution in [0.2, 0.25) is 0 Å². The molecule has 0 aromatic heterocycles. The number of nitrogens with one attached hydrogen (secondary N) is 1. The molecule has 0 aromatic carbocycles. The van der Waals surface area contributed by atoms with Gasteiger partial charge in [-0.15, -0.1) is 0 Å². The topological polar surface area (TPSA) is 15.3 Å². The van der Waals surface area contributed by atoms with Gasteiger partial charge in [0, 0.05) is 7.05 Å². The number of nitrogens with zero attached hydrogens (tertiary/aromatic N) is 2. The Kier molecular flexibility index (Phi) is 1.27. The molecule has 0 unspecified atom stereocenters. The Labute approximate surface area is 50.4 Å². The largest absolute Gasteiger partial charge is 0.235 e. The first kappa shape index (κ1) is 6.01. The van der Waals surface area contributed by atoms with E-state index in [9.17, 15) is 0 Å². The predicted octanol–water partition coefficient (Wildman–Crippen LogP) is -0.572. The van der Waals surface area contributed by atoms with Crippen LogP contribution in [0.15, 0.2) is 0 Å². The van der Waals surface area contributed by atoms with Crippen molar-refractivity contribution in [3.8, 4) is 0 Å². The van der Waals surface area contributed by atoms with E-state index in [0.29, 0.717) is 0 Å². The third-order valence-electron chi connectivity index (χ3n) is 1.44. The lowest BCUT2D eigenvalue weighted by Crippen LogP contribution is -2.49. The van der Waals surface area contributed by atoms with Gasteiger partial charge in [-0.05, 0) is 0 Å². The molecule has 3 heteroatoms. The Morgan fingerprint density at radius 3 is 2.25 bits per heavy atom. The fourth-order valence-corrected chi connectivity index (χ4v) is 0.962. The first-order valence-corrected chi connectivity index (χ1v) is 2.92. The van der Waals surface area contributed by atoms with Crippen LogP contribution >= 0.6 is 0 Å². The third kappa shape index (κ3) is 1.18. The Morgan fingerprint density at radius 2 is 2.12 bits per heavy atom. The van der Waals surface area contributed by atoms with E-state index in [2.05, 4.69) is 31.7 Å². The van der Waals surface area contributed by atoms with Gasteiger partial charge in [0.25, 0.3) is 0 Å². The van der Waals surface area contributed by atoms with E-state index in [-0.39, 0.29) is 0 Å². The van der Waals surface area contributed by atoms with Crippen molar-refractivity contribution in [1.82, 2.24) is 10.5 Å². The molecule has 8 heavy (non-hydrogen) atoms. The molecule has 0 aromatic rings. The van der Waals surface area contributed by atoms with E-state index in [0.717, 1.165) is 11.1 Å². The zero-order valence-electron chi connectivity index (χ0n) is 5.81. The minimum atomic E-state index is 0.913. The van der Waals surface area contributed by atoms with Crippen LogP contribution < -0.4 is 5.53 Å². The van der Waals surface area contributed by atoms with Gasteiger partial charge in [-0.1, -0.05) is 5.53 Å². The molecule has 48 valence electrons. The predicted molar refractivity (Wildman–Crippen MR) is 32.7 cm³/mol. The Morgan fingerprint density at radius 1 is 1.50 bits per heavy atom. The Balaban J connectivity index is 2.44. The number of likely N-dealkylation sites (N-methyl/N-ethyl adjacent to an activating group) is 2. The van der Waals surface area contributed by atoms with Gasteiger partial charge >= 0.3 is 0 Å². The molecule has 3 nitrogen and oxygen atoms in total. The highest BCUT2D eigenvalue weighted by Gasteiger charge is 2.24. The van der Waals surface area contributed by atoms with Crippen molar-refractivity contribution in [1.29, 1.82) is 0 Å². The summed E-state index contributed by atoms with van der Waals surface area (Å²) in [6, 6.07) is 0. The summed E-state index contributed by atoms with van der Waals surface area (Å²) in [6.07, 6.45) is 0. The van der Waals surface area contributed by atoms with Gasteiger partial charge in [-0.3, -0.25) is 0 Å². The molecular weight excluding hydrogens is 102 g/mol. The lowest BCUT2D eigenvalue weighted by molar-refractivity contribution is -0.929. The first-order valence-electron chi connectivity index (χ1n) is 2.92. The van der Waals surface area contributed by atoms with Crippen molar-refractivity contribution in [2.24, 2.45) is 0 Å². The van der Waals surface area contributed by atoms with Crippen LogP contribution in [-0.4, -0.2) is 43.8 Å². The number of hydrogen-bond donors (Lipinski definition) is 1. The molecule has 0 radical (unpaired) electrons. The summed E-state index contributed by atoms with van der Waals surface area (Å²) < 4.78 is 0.913. The van der Waals surface area contributed by atoms with Crippen LogP contribution in [0.3, 0.4) is 0 Å². The zero-order chi connectivity index (χ0) is 6.20. The molecule has 1 aliphatic heterocycles. The summed E-state index contributed by atoms with van der Waals surface area (Å²) in [6.45, 7) is 2.34. The maximum atomic E-state index is 3.26. The highest BCUT2D eigenvalue weighted by molar-refractivity contribution is 4.43. The lowest BCUT2D eigenvalue weighted by Gasteiger charge is -2.21. The van der Waals surface area contributed by atoms with Crippen molar-refractivity contribution < 1.29 is 4.59 Å². The Hall–Kier alpha value is -0.120. The molecule has 1 N–H and O–H groups in total. The average molecular weight is 116 g/mol. The number of hydrazine groups is 1. The van der Waals surface area contributed by atoms with Crippen molar-refractivity contribution in [2.75, 3.05) is 34.2 Å². The van der Waals surface area contributed by atoms with Crippen molar-refractivity contribution >= 4 is 0 Å². The summed E-state index contributed by atoms with van der Waals surface area (Å²) >= 11 is 0.